The van der Waals surface area contributed by atoms with E-state index in [4.69, 9.17) is 4.98 Å². The van der Waals surface area contributed by atoms with Crippen LogP contribution in [0.3, 0.4) is 0 Å². The van der Waals surface area contributed by atoms with Gasteiger partial charge in [-0.05, 0) is 50.1 Å². The van der Waals surface area contributed by atoms with Gasteiger partial charge in [-0.2, -0.15) is 11.8 Å². The molecule has 0 bridgehead atoms. The molecule has 106 valence electrons. The van der Waals surface area contributed by atoms with Crippen LogP contribution in [0.25, 0.3) is 11.2 Å². The fourth-order valence-corrected chi connectivity index (χ4v) is 4.64. The molecule has 20 heavy (non-hydrogen) atoms. The lowest BCUT2D eigenvalue weighted by atomic mass is 10.1. The highest BCUT2D eigenvalue weighted by Crippen LogP contribution is 2.41. The largest absolute Gasteiger partial charge is 0.315 e. The summed E-state index contributed by atoms with van der Waals surface area (Å²) < 4.78 is 2.44. The molecule has 4 rings (SSSR count). The van der Waals surface area contributed by atoms with Crippen LogP contribution in [-0.4, -0.2) is 33.4 Å². The Morgan fingerprint density at radius 1 is 1.30 bits per heavy atom. The second-order valence-electron chi connectivity index (χ2n) is 5.69. The van der Waals surface area contributed by atoms with Crippen molar-refractivity contribution in [2.75, 3.05) is 18.8 Å². The molecule has 2 aliphatic rings. The second-order valence-corrected chi connectivity index (χ2v) is 7.00. The van der Waals surface area contributed by atoms with Crippen molar-refractivity contribution in [3.8, 4) is 0 Å². The summed E-state index contributed by atoms with van der Waals surface area (Å²) in [4.78, 5) is 9.53. The molecule has 2 saturated heterocycles. The first kappa shape index (κ1) is 12.7. The Balaban J connectivity index is 1.83. The van der Waals surface area contributed by atoms with Gasteiger partial charge in [-0.15, -0.1) is 0 Å². The molecule has 0 spiro atoms. The number of nitrogens with zero attached hydrogens (tertiary/aromatic N) is 3. The molecule has 4 heterocycles. The minimum absolute atomic E-state index is 0.514. The topological polar surface area (TPSA) is 42.7 Å². The molecule has 2 aromatic rings. The Kier molecular flexibility index (Phi) is 3.40. The van der Waals surface area contributed by atoms with Gasteiger partial charge < -0.3 is 9.88 Å². The molecule has 0 saturated carbocycles. The number of thioether (sulfide) groups is 1. The van der Waals surface area contributed by atoms with E-state index in [0.717, 1.165) is 24.3 Å². The van der Waals surface area contributed by atoms with E-state index in [1.165, 1.54) is 37.3 Å². The van der Waals surface area contributed by atoms with Gasteiger partial charge in [0.2, 0.25) is 0 Å². The predicted molar refractivity (Wildman–Crippen MR) is 83.1 cm³/mol. The minimum Gasteiger partial charge on any atom is -0.315 e. The normalized spacial score (nSPS) is 27.2. The third kappa shape index (κ3) is 2.13. The van der Waals surface area contributed by atoms with Crippen molar-refractivity contribution in [3.63, 3.8) is 0 Å². The second kappa shape index (κ2) is 5.37. The molecule has 5 heteroatoms. The standard InChI is InChI=1S/C15H20N4S/c1-4-11(10-16-7-1)19-14-12(5-2-8-17-14)18-15(19)13-6-3-9-20-13/h2,5,8,11,13,16H,1,3-4,6-7,9-10H2. The van der Waals surface area contributed by atoms with E-state index < -0.39 is 0 Å². The summed E-state index contributed by atoms with van der Waals surface area (Å²) >= 11 is 2.06. The van der Waals surface area contributed by atoms with E-state index >= 15 is 0 Å². The van der Waals surface area contributed by atoms with Crippen LogP contribution in [0.5, 0.6) is 0 Å². The Labute approximate surface area is 123 Å². The summed E-state index contributed by atoms with van der Waals surface area (Å²) in [5, 5.41) is 4.08. The number of hydrogen-bond donors (Lipinski definition) is 1. The molecule has 0 radical (unpaired) electrons. The Bertz CT molecular complexity index is 597. The van der Waals surface area contributed by atoms with Gasteiger partial charge in [-0.1, -0.05) is 0 Å². The molecule has 2 fully saturated rings. The zero-order valence-electron chi connectivity index (χ0n) is 11.6. The quantitative estimate of drug-likeness (QED) is 0.922. The predicted octanol–water partition coefficient (Wildman–Crippen LogP) is 2.92. The van der Waals surface area contributed by atoms with Crippen molar-refractivity contribution in [3.05, 3.63) is 24.2 Å². The van der Waals surface area contributed by atoms with Crippen LogP contribution in [0, 0.1) is 0 Å². The number of pyridine rings is 1. The SMILES string of the molecule is c1cnc2c(c1)nc(C1CCCS1)n2C1CCCNC1. The average molecular weight is 288 g/mol. The molecule has 1 N–H and O–H groups in total. The monoisotopic (exact) mass is 288 g/mol. The van der Waals surface area contributed by atoms with Crippen LogP contribution in [0.4, 0.5) is 0 Å². The number of aromatic nitrogens is 3. The summed E-state index contributed by atoms with van der Waals surface area (Å²) in [6.07, 6.45) is 6.94. The van der Waals surface area contributed by atoms with Gasteiger partial charge in [0.15, 0.2) is 5.65 Å². The van der Waals surface area contributed by atoms with Crippen LogP contribution in [-0.2, 0) is 0 Å². The maximum Gasteiger partial charge on any atom is 0.160 e. The lowest BCUT2D eigenvalue weighted by Crippen LogP contribution is -2.32. The molecular formula is C15H20N4S. The summed E-state index contributed by atoms with van der Waals surface area (Å²) in [6.45, 7) is 2.19. The molecule has 0 amide bonds. The van der Waals surface area contributed by atoms with E-state index in [0.29, 0.717) is 11.3 Å². The number of rotatable bonds is 2. The van der Waals surface area contributed by atoms with Crippen LogP contribution in [0.1, 0.15) is 42.8 Å². The number of piperidine rings is 1. The van der Waals surface area contributed by atoms with Crippen molar-refractivity contribution >= 4 is 22.9 Å². The maximum atomic E-state index is 4.92. The summed E-state index contributed by atoms with van der Waals surface area (Å²) in [6, 6.07) is 4.60. The van der Waals surface area contributed by atoms with E-state index in [-0.39, 0.29) is 0 Å². The van der Waals surface area contributed by atoms with Gasteiger partial charge in [-0.25, -0.2) is 9.97 Å². The molecule has 2 atom stereocenters. The Hall–Kier alpha value is -1.07. The number of nitrogens with one attached hydrogen (secondary N) is 1. The van der Waals surface area contributed by atoms with Crippen molar-refractivity contribution in [1.82, 2.24) is 19.9 Å². The summed E-state index contributed by atoms with van der Waals surface area (Å²) in [5.41, 5.74) is 2.13. The first-order chi connectivity index (χ1) is 9.93. The summed E-state index contributed by atoms with van der Waals surface area (Å²) in [7, 11) is 0. The van der Waals surface area contributed by atoms with E-state index in [2.05, 4.69) is 32.7 Å². The highest BCUT2D eigenvalue weighted by Gasteiger charge is 2.28. The third-order valence-corrected chi connectivity index (χ3v) is 5.70. The average Bonchev–Trinajstić information content (AvgIpc) is 3.15. The van der Waals surface area contributed by atoms with Gasteiger partial charge in [0, 0.05) is 18.8 Å². The van der Waals surface area contributed by atoms with Crippen LogP contribution in [0.2, 0.25) is 0 Å². The molecule has 0 aromatic carbocycles. The van der Waals surface area contributed by atoms with E-state index in [1.54, 1.807) is 0 Å². The van der Waals surface area contributed by atoms with Gasteiger partial charge in [0.05, 0.1) is 5.25 Å². The van der Waals surface area contributed by atoms with Crippen molar-refractivity contribution in [2.24, 2.45) is 0 Å². The minimum atomic E-state index is 0.514. The highest BCUT2D eigenvalue weighted by molar-refractivity contribution is 7.99. The van der Waals surface area contributed by atoms with Crippen LogP contribution >= 0.6 is 11.8 Å². The molecule has 4 nitrogen and oxygen atoms in total. The number of fused-ring (bicyclic) bond motifs is 1. The van der Waals surface area contributed by atoms with Gasteiger partial charge in [0.25, 0.3) is 0 Å². The van der Waals surface area contributed by atoms with Crippen molar-refractivity contribution in [2.45, 2.75) is 37.0 Å². The molecule has 2 aliphatic heterocycles. The Morgan fingerprint density at radius 3 is 3.10 bits per heavy atom. The van der Waals surface area contributed by atoms with Gasteiger partial charge in [-0.3, -0.25) is 0 Å². The first-order valence-corrected chi connectivity index (χ1v) is 8.63. The highest BCUT2D eigenvalue weighted by atomic mass is 32.2. The lowest BCUT2D eigenvalue weighted by Gasteiger charge is -2.27. The van der Waals surface area contributed by atoms with Crippen LogP contribution in [0.15, 0.2) is 18.3 Å². The maximum absolute atomic E-state index is 4.92. The third-order valence-electron chi connectivity index (χ3n) is 4.33. The number of hydrogen-bond acceptors (Lipinski definition) is 4. The van der Waals surface area contributed by atoms with Crippen molar-refractivity contribution < 1.29 is 0 Å². The Morgan fingerprint density at radius 2 is 2.30 bits per heavy atom. The molecule has 0 aliphatic carbocycles. The molecule has 2 aromatic heterocycles. The van der Waals surface area contributed by atoms with E-state index in [1.807, 2.05) is 12.3 Å². The number of imidazole rings is 1. The lowest BCUT2D eigenvalue weighted by molar-refractivity contribution is 0.368. The van der Waals surface area contributed by atoms with E-state index in [9.17, 15) is 0 Å². The summed E-state index contributed by atoms with van der Waals surface area (Å²) in [5.74, 6) is 2.53. The molecular weight excluding hydrogens is 268 g/mol. The van der Waals surface area contributed by atoms with Crippen LogP contribution < -0.4 is 5.32 Å². The molecule has 2 unspecified atom stereocenters. The van der Waals surface area contributed by atoms with Gasteiger partial charge >= 0.3 is 0 Å². The fourth-order valence-electron chi connectivity index (χ4n) is 3.37. The zero-order valence-corrected chi connectivity index (χ0v) is 12.4. The van der Waals surface area contributed by atoms with Gasteiger partial charge in [0.1, 0.15) is 11.3 Å². The fraction of sp³-hybridized carbons (Fsp3) is 0.600. The van der Waals surface area contributed by atoms with Crippen molar-refractivity contribution in [1.29, 1.82) is 0 Å². The zero-order chi connectivity index (χ0) is 13.4. The first-order valence-electron chi connectivity index (χ1n) is 7.58. The smallest absolute Gasteiger partial charge is 0.160 e.